The topological polar surface area (TPSA) is 98.0 Å². The number of rotatable bonds is 1. The number of fused-ring (bicyclic) bond motifs is 10. The van der Waals surface area contributed by atoms with Crippen molar-refractivity contribution in [2.75, 3.05) is 0 Å². The zero-order chi connectivity index (χ0) is 18.3. The first-order valence-corrected chi connectivity index (χ1v) is 8.65. The fourth-order valence-electron chi connectivity index (χ4n) is 4.44. The van der Waals surface area contributed by atoms with Gasteiger partial charge in [-0.1, -0.05) is 36.4 Å². The number of aromatic amines is 2. The Bertz CT molecular complexity index is 1460. The van der Waals surface area contributed by atoms with E-state index in [1.807, 2.05) is 48.5 Å². The number of benzene rings is 3. The number of carbonyl (C=O) groups excluding carboxylic acids is 1. The molecule has 2 aromatic heterocycles. The second kappa shape index (κ2) is 4.67. The number of carbonyl (C=O) groups is 2. The van der Waals surface area contributed by atoms with Gasteiger partial charge in [0.15, 0.2) is 6.04 Å². The van der Waals surface area contributed by atoms with Crippen molar-refractivity contribution in [2.24, 2.45) is 0 Å². The average Bonchev–Trinajstić information content (AvgIpc) is 3.32. The van der Waals surface area contributed by atoms with E-state index in [0.717, 1.165) is 43.6 Å². The number of H-pyrrole nitrogens is 2. The van der Waals surface area contributed by atoms with E-state index in [-0.39, 0.29) is 5.91 Å². The van der Waals surface area contributed by atoms with Gasteiger partial charge in [-0.2, -0.15) is 0 Å². The Kier molecular flexibility index (Phi) is 2.49. The number of carboxylic acid groups (broad SMARTS) is 1. The highest BCUT2D eigenvalue weighted by molar-refractivity contribution is 6.31. The van der Waals surface area contributed by atoms with Crippen molar-refractivity contribution in [3.8, 4) is 0 Å². The van der Waals surface area contributed by atoms with Crippen LogP contribution in [0.4, 0.5) is 0 Å². The van der Waals surface area contributed by atoms with Crippen LogP contribution in [0.5, 0.6) is 0 Å². The van der Waals surface area contributed by atoms with Crippen LogP contribution >= 0.6 is 0 Å². The second-order valence-electron chi connectivity index (χ2n) is 6.87. The molecule has 6 nitrogen and oxygen atoms in total. The molecular weight excluding hydrogens is 342 g/mol. The van der Waals surface area contributed by atoms with Crippen molar-refractivity contribution < 1.29 is 14.7 Å². The Balaban J connectivity index is 1.98. The zero-order valence-electron chi connectivity index (χ0n) is 14.0. The number of carboxylic acids is 1. The van der Waals surface area contributed by atoms with Crippen LogP contribution in [0.2, 0.25) is 0 Å². The maximum Gasteiger partial charge on any atom is 0.330 e. The van der Waals surface area contributed by atoms with E-state index in [4.69, 9.17) is 0 Å². The molecule has 3 heterocycles. The molecule has 5 aromatic rings. The molecule has 0 aliphatic carbocycles. The summed E-state index contributed by atoms with van der Waals surface area (Å²) in [5.41, 5.74) is 4.45. The van der Waals surface area contributed by atoms with E-state index in [9.17, 15) is 14.7 Å². The van der Waals surface area contributed by atoms with E-state index in [0.29, 0.717) is 11.1 Å². The largest absolute Gasteiger partial charge is 0.479 e. The molecule has 0 spiro atoms. The molecule has 6 heteroatoms. The summed E-state index contributed by atoms with van der Waals surface area (Å²) in [5, 5.41) is 15.8. The zero-order valence-corrected chi connectivity index (χ0v) is 14.0. The van der Waals surface area contributed by atoms with Crippen LogP contribution in [0.15, 0.2) is 48.5 Å². The lowest BCUT2D eigenvalue weighted by Crippen LogP contribution is -2.25. The molecule has 130 valence electrons. The number of aliphatic carboxylic acids is 1. The standard InChI is InChI=1S/C21H13N3O3/c25-20-16-14-10-6-2-4-8-12(10)23-18(14)17-13(15(16)19(24-20)21(26)27)9-5-1-3-7-11(9)22-17/h1-8,19,22-23H,(H,24,25)(H,26,27)/t19-/m0/s1. The van der Waals surface area contributed by atoms with E-state index < -0.39 is 12.0 Å². The van der Waals surface area contributed by atoms with Crippen molar-refractivity contribution in [1.29, 1.82) is 0 Å². The van der Waals surface area contributed by atoms with E-state index in [1.165, 1.54) is 0 Å². The van der Waals surface area contributed by atoms with Gasteiger partial charge >= 0.3 is 5.97 Å². The first kappa shape index (κ1) is 14.4. The summed E-state index contributed by atoms with van der Waals surface area (Å²) < 4.78 is 0. The van der Waals surface area contributed by atoms with E-state index in [2.05, 4.69) is 15.3 Å². The van der Waals surface area contributed by atoms with Crippen LogP contribution in [0.25, 0.3) is 43.6 Å². The van der Waals surface area contributed by atoms with Gasteiger partial charge in [-0.15, -0.1) is 0 Å². The summed E-state index contributed by atoms with van der Waals surface area (Å²) in [6, 6.07) is 14.4. The summed E-state index contributed by atoms with van der Waals surface area (Å²) in [5.74, 6) is -1.41. The minimum absolute atomic E-state index is 0.348. The van der Waals surface area contributed by atoms with Gasteiger partial charge < -0.3 is 20.4 Å². The Labute approximate surface area is 151 Å². The molecular formula is C21H13N3O3. The van der Waals surface area contributed by atoms with Crippen molar-refractivity contribution in [3.05, 3.63) is 59.7 Å². The summed E-state index contributed by atoms with van der Waals surface area (Å²) in [4.78, 5) is 31.6. The number of amides is 1. The van der Waals surface area contributed by atoms with E-state index >= 15 is 0 Å². The molecule has 1 amide bonds. The molecule has 0 radical (unpaired) electrons. The minimum Gasteiger partial charge on any atom is -0.479 e. The van der Waals surface area contributed by atoms with Crippen molar-refractivity contribution >= 4 is 55.5 Å². The van der Waals surface area contributed by atoms with Gasteiger partial charge in [0.05, 0.1) is 16.6 Å². The molecule has 1 atom stereocenters. The lowest BCUT2D eigenvalue weighted by Gasteiger charge is -2.08. The third kappa shape index (κ3) is 1.65. The van der Waals surface area contributed by atoms with Crippen molar-refractivity contribution in [1.82, 2.24) is 15.3 Å². The van der Waals surface area contributed by atoms with Crippen molar-refractivity contribution in [3.63, 3.8) is 0 Å². The lowest BCUT2D eigenvalue weighted by atomic mass is 9.94. The van der Waals surface area contributed by atoms with Gasteiger partial charge in [0.1, 0.15) is 0 Å². The van der Waals surface area contributed by atoms with Gasteiger partial charge in [0.25, 0.3) is 5.91 Å². The molecule has 0 saturated heterocycles. The molecule has 6 rings (SSSR count). The molecule has 0 unspecified atom stereocenters. The van der Waals surface area contributed by atoms with Gasteiger partial charge in [0.2, 0.25) is 0 Å². The highest BCUT2D eigenvalue weighted by atomic mass is 16.4. The highest BCUT2D eigenvalue weighted by Crippen LogP contribution is 2.44. The smallest absolute Gasteiger partial charge is 0.330 e. The number of para-hydroxylation sites is 2. The lowest BCUT2D eigenvalue weighted by molar-refractivity contribution is -0.139. The Morgan fingerprint density at radius 3 is 2.04 bits per heavy atom. The molecule has 27 heavy (non-hydrogen) atoms. The summed E-state index contributed by atoms with van der Waals surface area (Å²) in [7, 11) is 0. The van der Waals surface area contributed by atoms with Crippen LogP contribution < -0.4 is 5.32 Å². The first-order chi connectivity index (χ1) is 13.1. The number of hydrogen-bond donors (Lipinski definition) is 4. The maximum absolute atomic E-state index is 12.8. The summed E-state index contributed by atoms with van der Waals surface area (Å²) in [6.45, 7) is 0. The van der Waals surface area contributed by atoms with Crippen LogP contribution in [0.3, 0.4) is 0 Å². The molecule has 4 N–H and O–H groups in total. The molecule has 0 bridgehead atoms. The van der Waals surface area contributed by atoms with Crippen LogP contribution in [-0.2, 0) is 4.79 Å². The Morgan fingerprint density at radius 2 is 1.41 bits per heavy atom. The Morgan fingerprint density at radius 1 is 0.852 bits per heavy atom. The fraction of sp³-hybridized carbons (Fsp3) is 0.0476. The van der Waals surface area contributed by atoms with Gasteiger partial charge in [0, 0.05) is 38.1 Å². The number of hydrogen-bond acceptors (Lipinski definition) is 2. The summed E-state index contributed by atoms with van der Waals surface area (Å²) >= 11 is 0. The molecule has 3 aromatic carbocycles. The molecule has 0 saturated carbocycles. The summed E-state index contributed by atoms with van der Waals surface area (Å²) in [6.07, 6.45) is 0. The molecule has 0 fully saturated rings. The van der Waals surface area contributed by atoms with Gasteiger partial charge in [-0.3, -0.25) is 4.79 Å². The quantitative estimate of drug-likeness (QED) is 0.368. The SMILES string of the molecule is O=C1N[C@H](C(=O)O)c2c1c1c3ccccc3[nH]c1c1[nH]c3ccccc3c21. The third-order valence-corrected chi connectivity index (χ3v) is 5.49. The number of nitrogens with one attached hydrogen (secondary N) is 3. The normalized spacial score (nSPS) is 16.4. The Hall–Kier alpha value is -3.80. The maximum atomic E-state index is 12.8. The fourth-order valence-corrected chi connectivity index (χ4v) is 4.44. The monoisotopic (exact) mass is 355 g/mol. The molecule has 1 aliphatic rings. The predicted octanol–water partition coefficient (Wildman–Crippen LogP) is 3.82. The number of aromatic nitrogens is 2. The van der Waals surface area contributed by atoms with Crippen LogP contribution in [0.1, 0.15) is 22.0 Å². The first-order valence-electron chi connectivity index (χ1n) is 8.65. The predicted molar refractivity (Wildman–Crippen MR) is 103 cm³/mol. The highest BCUT2D eigenvalue weighted by Gasteiger charge is 2.39. The molecule has 1 aliphatic heterocycles. The average molecular weight is 355 g/mol. The van der Waals surface area contributed by atoms with Crippen molar-refractivity contribution in [2.45, 2.75) is 6.04 Å². The van der Waals surface area contributed by atoms with Gasteiger partial charge in [-0.25, -0.2) is 4.79 Å². The van der Waals surface area contributed by atoms with Gasteiger partial charge in [-0.05, 0) is 12.1 Å². The third-order valence-electron chi connectivity index (χ3n) is 5.49. The van der Waals surface area contributed by atoms with Crippen LogP contribution in [0, 0.1) is 0 Å². The second-order valence-corrected chi connectivity index (χ2v) is 6.87. The van der Waals surface area contributed by atoms with Crippen LogP contribution in [-0.4, -0.2) is 27.0 Å². The van der Waals surface area contributed by atoms with E-state index in [1.54, 1.807) is 0 Å². The minimum atomic E-state index is -1.06.